The van der Waals surface area contributed by atoms with E-state index in [-0.39, 0.29) is 5.56 Å². The van der Waals surface area contributed by atoms with E-state index in [9.17, 15) is 4.79 Å². The fraction of sp³-hybridized carbons (Fsp3) is 0.0870. The molecule has 0 spiro atoms. The minimum atomic E-state index is -0.247. The lowest BCUT2D eigenvalue weighted by atomic mass is 9.94. The summed E-state index contributed by atoms with van der Waals surface area (Å²) in [5.74, 6) is 0.634. The molecule has 0 saturated carbocycles. The summed E-state index contributed by atoms with van der Waals surface area (Å²) in [6.07, 6.45) is 0. The molecule has 146 valence electrons. The lowest BCUT2D eigenvalue weighted by Gasteiger charge is -2.19. The van der Waals surface area contributed by atoms with Crippen molar-refractivity contribution in [2.45, 2.75) is 6.92 Å². The van der Waals surface area contributed by atoms with Crippen LogP contribution in [0.1, 0.15) is 5.56 Å². The predicted octanol–water partition coefficient (Wildman–Crippen LogP) is 6.93. The second kappa shape index (κ2) is 7.75. The number of nitrogens with zero attached hydrogens (tertiary/aromatic N) is 1. The number of aromatic nitrogens is 1. The van der Waals surface area contributed by atoms with Crippen molar-refractivity contribution in [3.63, 3.8) is 0 Å². The second-order valence-electron chi connectivity index (χ2n) is 6.57. The molecular formula is C23H16Cl3NO2. The molecule has 1 aromatic heterocycles. The SMILES string of the molecule is COc1cc2c(ccc(=O)n2-c2c(Cl)cccc2Cl)c(-c2ccccc2Cl)c1C. The molecule has 0 unspecified atom stereocenters. The van der Waals surface area contributed by atoms with Crippen molar-refractivity contribution in [1.29, 1.82) is 0 Å². The molecule has 0 aliphatic carbocycles. The summed E-state index contributed by atoms with van der Waals surface area (Å²) in [5, 5.41) is 2.21. The molecule has 29 heavy (non-hydrogen) atoms. The first-order valence-corrected chi connectivity index (χ1v) is 10.00. The normalized spacial score (nSPS) is 11.1. The Kier molecular flexibility index (Phi) is 5.30. The van der Waals surface area contributed by atoms with E-state index in [2.05, 4.69) is 0 Å². The molecule has 6 heteroatoms. The van der Waals surface area contributed by atoms with E-state index < -0.39 is 0 Å². The minimum Gasteiger partial charge on any atom is -0.496 e. The summed E-state index contributed by atoms with van der Waals surface area (Å²) in [4.78, 5) is 12.9. The van der Waals surface area contributed by atoms with Crippen molar-refractivity contribution < 1.29 is 4.74 Å². The van der Waals surface area contributed by atoms with Gasteiger partial charge in [-0.1, -0.05) is 59.1 Å². The van der Waals surface area contributed by atoms with Gasteiger partial charge in [0.05, 0.1) is 28.4 Å². The molecule has 4 aromatic rings. The van der Waals surface area contributed by atoms with Gasteiger partial charge >= 0.3 is 0 Å². The maximum absolute atomic E-state index is 12.9. The summed E-state index contributed by atoms with van der Waals surface area (Å²) in [7, 11) is 1.60. The van der Waals surface area contributed by atoms with Crippen LogP contribution in [0.15, 0.2) is 65.5 Å². The summed E-state index contributed by atoms with van der Waals surface area (Å²) in [6, 6.07) is 17.9. The van der Waals surface area contributed by atoms with Crippen molar-refractivity contribution in [2.75, 3.05) is 7.11 Å². The Hall–Kier alpha value is -2.46. The van der Waals surface area contributed by atoms with Gasteiger partial charge in [0.1, 0.15) is 5.75 Å². The topological polar surface area (TPSA) is 31.2 Å². The van der Waals surface area contributed by atoms with Gasteiger partial charge in [0.25, 0.3) is 5.56 Å². The third-order valence-corrected chi connectivity index (χ3v) is 5.88. The van der Waals surface area contributed by atoms with E-state index in [1.54, 1.807) is 31.4 Å². The van der Waals surface area contributed by atoms with Crippen LogP contribution in [-0.2, 0) is 0 Å². The Morgan fingerprint density at radius 1 is 0.862 bits per heavy atom. The van der Waals surface area contributed by atoms with E-state index in [1.807, 2.05) is 37.3 Å². The molecule has 4 rings (SSSR count). The monoisotopic (exact) mass is 443 g/mol. The number of rotatable bonds is 3. The largest absolute Gasteiger partial charge is 0.496 e. The van der Waals surface area contributed by atoms with Crippen LogP contribution in [-0.4, -0.2) is 11.7 Å². The number of hydrogen-bond donors (Lipinski definition) is 0. The zero-order valence-electron chi connectivity index (χ0n) is 15.7. The van der Waals surface area contributed by atoms with Gasteiger partial charge in [-0.2, -0.15) is 0 Å². The van der Waals surface area contributed by atoms with Crippen LogP contribution < -0.4 is 10.3 Å². The maximum atomic E-state index is 12.9. The quantitative estimate of drug-likeness (QED) is 0.343. The van der Waals surface area contributed by atoms with Gasteiger partial charge in [0.2, 0.25) is 0 Å². The average Bonchev–Trinajstić information content (AvgIpc) is 2.70. The number of benzene rings is 3. The van der Waals surface area contributed by atoms with Crippen LogP contribution in [0, 0.1) is 6.92 Å². The van der Waals surface area contributed by atoms with Crippen molar-refractivity contribution >= 4 is 45.7 Å². The molecule has 0 saturated heterocycles. The zero-order chi connectivity index (χ0) is 20.7. The third-order valence-electron chi connectivity index (χ3n) is 4.94. The number of pyridine rings is 1. The van der Waals surface area contributed by atoms with Crippen molar-refractivity contribution in [3.8, 4) is 22.6 Å². The van der Waals surface area contributed by atoms with E-state index in [0.717, 1.165) is 22.1 Å². The highest BCUT2D eigenvalue weighted by Crippen LogP contribution is 2.41. The van der Waals surface area contributed by atoms with Crippen LogP contribution in [0.25, 0.3) is 27.7 Å². The Balaban J connectivity index is 2.22. The Labute approximate surface area is 183 Å². The van der Waals surface area contributed by atoms with Crippen LogP contribution in [0.5, 0.6) is 5.75 Å². The van der Waals surface area contributed by atoms with Crippen molar-refractivity contribution in [3.05, 3.63) is 91.6 Å². The van der Waals surface area contributed by atoms with E-state index >= 15 is 0 Å². The van der Waals surface area contributed by atoms with Crippen molar-refractivity contribution in [1.82, 2.24) is 4.57 Å². The van der Waals surface area contributed by atoms with Gasteiger partial charge in [-0.05, 0) is 42.3 Å². The number of fused-ring (bicyclic) bond motifs is 1. The van der Waals surface area contributed by atoms with E-state index in [4.69, 9.17) is 39.5 Å². The lowest BCUT2D eigenvalue weighted by molar-refractivity contribution is 0.412. The number of para-hydroxylation sites is 1. The summed E-state index contributed by atoms with van der Waals surface area (Å²) in [5.41, 5.74) is 3.48. The molecule has 3 aromatic carbocycles. The molecule has 0 aliphatic rings. The average molecular weight is 445 g/mol. The fourth-order valence-electron chi connectivity index (χ4n) is 3.62. The zero-order valence-corrected chi connectivity index (χ0v) is 17.9. The van der Waals surface area contributed by atoms with Gasteiger partial charge in [-0.3, -0.25) is 9.36 Å². The second-order valence-corrected chi connectivity index (χ2v) is 7.79. The summed E-state index contributed by atoms with van der Waals surface area (Å²) >= 11 is 19.4. The summed E-state index contributed by atoms with van der Waals surface area (Å²) < 4.78 is 7.14. The number of hydrogen-bond acceptors (Lipinski definition) is 2. The van der Waals surface area contributed by atoms with Crippen LogP contribution >= 0.6 is 34.8 Å². The van der Waals surface area contributed by atoms with Crippen LogP contribution in [0.3, 0.4) is 0 Å². The molecule has 1 heterocycles. The molecule has 0 radical (unpaired) electrons. The van der Waals surface area contributed by atoms with E-state index in [1.165, 1.54) is 10.6 Å². The predicted molar refractivity (Wildman–Crippen MR) is 121 cm³/mol. The number of ether oxygens (including phenoxy) is 1. The van der Waals surface area contributed by atoms with Gasteiger partial charge in [-0.25, -0.2) is 0 Å². The smallest absolute Gasteiger partial charge is 0.255 e. The highest BCUT2D eigenvalue weighted by molar-refractivity contribution is 6.38. The first-order valence-electron chi connectivity index (χ1n) is 8.86. The third kappa shape index (κ3) is 3.29. The van der Waals surface area contributed by atoms with Gasteiger partial charge in [0.15, 0.2) is 0 Å². The Bertz CT molecular complexity index is 1290. The molecule has 3 nitrogen and oxygen atoms in total. The molecule has 0 atom stereocenters. The van der Waals surface area contributed by atoms with Gasteiger partial charge in [0, 0.05) is 28.1 Å². The highest BCUT2D eigenvalue weighted by Gasteiger charge is 2.19. The number of methoxy groups -OCH3 is 1. The van der Waals surface area contributed by atoms with Crippen LogP contribution in [0.4, 0.5) is 0 Å². The van der Waals surface area contributed by atoms with Gasteiger partial charge in [-0.15, -0.1) is 0 Å². The molecular weight excluding hydrogens is 429 g/mol. The fourth-order valence-corrected chi connectivity index (χ4v) is 4.42. The molecule has 0 fully saturated rings. The molecule has 0 bridgehead atoms. The Morgan fingerprint density at radius 3 is 2.17 bits per heavy atom. The Morgan fingerprint density at radius 2 is 1.52 bits per heavy atom. The van der Waals surface area contributed by atoms with Crippen molar-refractivity contribution in [2.24, 2.45) is 0 Å². The van der Waals surface area contributed by atoms with Crippen LogP contribution in [0.2, 0.25) is 15.1 Å². The van der Waals surface area contributed by atoms with Gasteiger partial charge < -0.3 is 4.74 Å². The molecule has 0 N–H and O–H groups in total. The number of halogens is 3. The first-order chi connectivity index (χ1) is 13.9. The lowest BCUT2D eigenvalue weighted by Crippen LogP contribution is -2.18. The molecule has 0 aliphatic heterocycles. The maximum Gasteiger partial charge on any atom is 0.255 e. The summed E-state index contributed by atoms with van der Waals surface area (Å²) in [6.45, 7) is 1.97. The standard InChI is InChI=1S/C23H16Cl3NO2/c1-13-20(29-2)12-19-15(22(13)14-6-3-4-7-16(14)24)10-11-21(28)27(19)23-17(25)8-5-9-18(23)26/h3-12H,1-2H3. The van der Waals surface area contributed by atoms with E-state index in [0.29, 0.717) is 32.0 Å². The molecule has 0 amide bonds. The first kappa shape index (κ1) is 19.8. The minimum absolute atomic E-state index is 0.247. The highest BCUT2D eigenvalue weighted by atomic mass is 35.5.